The minimum atomic E-state index is -0.000753. The van der Waals surface area contributed by atoms with Crippen molar-refractivity contribution >= 4 is 5.78 Å². The average Bonchev–Trinajstić information content (AvgIpc) is 2.91. The Morgan fingerprint density at radius 1 is 0.750 bits per heavy atom. The maximum absolute atomic E-state index is 12.7. The largest absolute Gasteiger partial charge is 0.457 e. The number of ketones is 1. The van der Waals surface area contributed by atoms with Crippen LogP contribution in [0.5, 0.6) is 11.5 Å². The van der Waals surface area contributed by atoms with E-state index in [1.54, 1.807) is 12.2 Å². The number of ether oxygens (including phenoxy) is 1. The number of hydrogen-bond acceptors (Lipinski definition) is 2. The van der Waals surface area contributed by atoms with E-state index in [1.807, 2.05) is 79.7 Å². The Kier molecular flexibility index (Phi) is 8.10. The fraction of sp³-hybridized carbons (Fsp3) is 0.0882. The first kappa shape index (κ1) is 24.7. The molecule has 0 radical (unpaired) electrons. The third-order valence-electron chi connectivity index (χ3n) is 5.93. The van der Waals surface area contributed by atoms with Gasteiger partial charge in [-0.25, -0.2) is 0 Å². The SMILES string of the molecule is C=C/C=C(\C=C/C)C(=O)c1ccc(Cc2ccc(-c3ccc(Oc4ccc(C)cc4)cc3)cc2)cc1. The Morgan fingerprint density at radius 3 is 1.78 bits per heavy atom. The number of hydrogen-bond donors (Lipinski definition) is 0. The molecule has 0 N–H and O–H groups in total. The van der Waals surface area contributed by atoms with Crippen molar-refractivity contribution in [1.29, 1.82) is 0 Å². The summed E-state index contributed by atoms with van der Waals surface area (Å²) in [6.45, 7) is 7.66. The van der Waals surface area contributed by atoms with Crippen LogP contribution in [0.1, 0.15) is 34.0 Å². The fourth-order valence-corrected chi connectivity index (χ4v) is 3.96. The van der Waals surface area contributed by atoms with Crippen LogP contribution in [-0.4, -0.2) is 5.78 Å². The average molecular weight is 471 g/mol. The summed E-state index contributed by atoms with van der Waals surface area (Å²) in [7, 11) is 0. The van der Waals surface area contributed by atoms with Crippen LogP contribution < -0.4 is 4.74 Å². The number of rotatable bonds is 9. The van der Waals surface area contributed by atoms with Crippen LogP contribution in [0.4, 0.5) is 0 Å². The van der Waals surface area contributed by atoms with E-state index >= 15 is 0 Å². The first-order valence-electron chi connectivity index (χ1n) is 12.1. The van der Waals surface area contributed by atoms with Gasteiger partial charge in [-0.05, 0) is 66.8 Å². The van der Waals surface area contributed by atoms with Gasteiger partial charge < -0.3 is 4.74 Å². The van der Waals surface area contributed by atoms with E-state index in [9.17, 15) is 4.79 Å². The van der Waals surface area contributed by atoms with Gasteiger partial charge in [0.25, 0.3) is 0 Å². The zero-order chi connectivity index (χ0) is 25.3. The van der Waals surface area contributed by atoms with Gasteiger partial charge in [-0.1, -0.05) is 109 Å². The molecule has 0 amide bonds. The highest BCUT2D eigenvalue weighted by Crippen LogP contribution is 2.27. The van der Waals surface area contributed by atoms with Gasteiger partial charge in [-0.2, -0.15) is 0 Å². The summed E-state index contributed by atoms with van der Waals surface area (Å²) in [5.74, 6) is 1.65. The summed E-state index contributed by atoms with van der Waals surface area (Å²) >= 11 is 0. The molecule has 0 atom stereocenters. The van der Waals surface area contributed by atoms with E-state index in [0.29, 0.717) is 11.1 Å². The Labute approximate surface area is 213 Å². The van der Waals surface area contributed by atoms with Crippen molar-refractivity contribution in [2.24, 2.45) is 0 Å². The second kappa shape index (κ2) is 11.8. The normalized spacial score (nSPS) is 11.4. The van der Waals surface area contributed by atoms with Crippen molar-refractivity contribution in [2.45, 2.75) is 20.3 Å². The number of benzene rings is 4. The number of Topliss-reactive ketones (excluding diaryl/α,β-unsaturated/α-hetero) is 1. The fourth-order valence-electron chi connectivity index (χ4n) is 3.96. The lowest BCUT2D eigenvalue weighted by Crippen LogP contribution is -2.02. The third kappa shape index (κ3) is 6.37. The van der Waals surface area contributed by atoms with Crippen LogP contribution in [0.3, 0.4) is 0 Å². The second-order valence-electron chi connectivity index (χ2n) is 8.70. The highest BCUT2D eigenvalue weighted by atomic mass is 16.5. The number of carbonyl (C=O) groups excluding carboxylic acids is 1. The monoisotopic (exact) mass is 470 g/mol. The molecule has 0 aliphatic rings. The molecular formula is C34H30O2. The zero-order valence-corrected chi connectivity index (χ0v) is 20.8. The molecule has 0 spiro atoms. The van der Waals surface area contributed by atoms with Gasteiger partial charge in [-0.15, -0.1) is 0 Å². The van der Waals surface area contributed by atoms with Gasteiger partial charge in [0.2, 0.25) is 0 Å². The second-order valence-corrected chi connectivity index (χ2v) is 8.70. The molecule has 4 rings (SSSR count). The molecule has 0 fully saturated rings. The van der Waals surface area contributed by atoms with Crippen LogP contribution in [-0.2, 0) is 6.42 Å². The van der Waals surface area contributed by atoms with Crippen molar-refractivity contribution in [3.63, 3.8) is 0 Å². The minimum Gasteiger partial charge on any atom is -0.457 e. The predicted molar refractivity (Wildman–Crippen MR) is 150 cm³/mol. The number of carbonyl (C=O) groups is 1. The molecule has 178 valence electrons. The summed E-state index contributed by atoms with van der Waals surface area (Å²) in [5, 5.41) is 0. The van der Waals surface area contributed by atoms with Gasteiger partial charge in [-0.3, -0.25) is 4.79 Å². The Bertz CT molecular complexity index is 1370. The number of allylic oxidation sites excluding steroid dienone is 5. The van der Waals surface area contributed by atoms with Gasteiger partial charge >= 0.3 is 0 Å². The summed E-state index contributed by atoms with van der Waals surface area (Å²) in [5.41, 5.74) is 7.21. The maximum Gasteiger partial charge on any atom is 0.193 e. The topological polar surface area (TPSA) is 26.3 Å². The summed E-state index contributed by atoms with van der Waals surface area (Å²) in [4.78, 5) is 12.7. The van der Waals surface area contributed by atoms with E-state index in [0.717, 1.165) is 34.6 Å². The van der Waals surface area contributed by atoms with E-state index in [-0.39, 0.29) is 5.78 Å². The zero-order valence-electron chi connectivity index (χ0n) is 20.8. The molecule has 4 aromatic rings. The third-order valence-corrected chi connectivity index (χ3v) is 5.93. The van der Waals surface area contributed by atoms with Gasteiger partial charge in [0, 0.05) is 11.1 Å². The molecular weight excluding hydrogens is 440 g/mol. The summed E-state index contributed by atoms with van der Waals surface area (Å²) in [6.07, 6.45) is 7.85. The van der Waals surface area contributed by atoms with E-state index < -0.39 is 0 Å². The molecule has 0 aliphatic carbocycles. The number of aryl methyl sites for hydroxylation is 1. The smallest absolute Gasteiger partial charge is 0.193 e. The van der Waals surface area contributed by atoms with Crippen molar-refractivity contribution in [1.82, 2.24) is 0 Å². The van der Waals surface area contributed by atoms with E-state index in [1.165, 1.54) is 11.1 Å². The summed E-state index contributed by atoms with van der Waals surface area (Å²) in [6, 6.07) is 32.6. The van der Waals surface area contributed by atoms with Crippen LogP contribution in [0, 0.1) is 6.92 Å². The molecule has 2 heteroatoms. The Hall–Kier alpha value is -4.43. The molecule has 2 nitrogen and oxygen atoms in total. The van der Waals surface area contributed by atoms with Crippen molar-refractivity contribution in [3.05, 3.63) is 156 Å². The lowest BCUT2D eigenvalue weighted by atomic mass is 9.97. The van der Waals surface area contributed by atoms with Crippen molar-refractivity contribution in [3.8, 4) is 22.6 Å². The molecule has 0 heterocycles. The highest BCUT2D eigenvalue weighted by molar-refractivity contribution is 6.10. The molecule has 0 aliphatic heterocycles. The molecule has 0 saturated heterocycles. The predicted octanol–water partition coefficient (Wildman–Crippen LogP) is 8.92. The Morgan fingerprint density at radius 2 is 1.25 bits per heavy atom. The standard InChI is InChI=1S/C34H30O2/c1-4-6-30(7-5-2)34(35)31-16-12-27(13-17-31)24-26-10-14-28(15-11-26)29-18-22-33(23-19-29)36-32-20-8-25(3)9-21-32/h4-23H,1,24H2,2-3H3/b7-5-,30-6+. The van der Waals surface area contributed by atoms with Gasteiger partial charge in [0.1, 0.15) is 11.5 Å². The minimum absolute atomic E-state index is 0.000753. The lowest BCUT2D eigenvalue weighted by Gasteiger charge is -2.09. The van der Waals surface area contributed by atoms with Crippen molar-refractivity contribution in [2.75, 3.05) is 0 Å². The van der Waals surface area contributed by atoms with Crippen LogP contribution in [0.2, 0.25) is 0 Å². The van der Waals surface area contributed by atoms with E-state index in [2.05, 4.69) is 49.9 Å². The lowest BCUT2D eigenvalue weighted by molar-refractivity contribution is 0.103. The quantitative estimate of drug-likeness (QED) is 0.139. The van der Waals surface area contributed by atoms with Crippen LogP contribution >= 0.6 is 0 Å². The molecule has 36 heavy (non-hydrogen) atoms. The Balaban J connectivity index is 1.39. The van der Waals surface area contributed by atoms with E-state index in [4.69, 9.17) is 4.74 Å². The first-order valence-corrected chi connectivity index (χ1v) is 12.1. The highest BCUT2D eigenvalue weighted by Gasteiger charge is 2.09. The first-order chi connectivity index (χ1) is 17.6. The molecule has 0 saturated carbocycles. The van der Waals surface area contributed by atoms with Crippen LogP contribution in [0.15, 0.2) is 134 Å². The van der Waals surface area contributed by atoms with Gasteiger partial charge in [0.05, 0.1) is 0 Å². The molecule has 0 unspecified atom stereocenters. The molecule has 0 bridgehead atoms. The van der Waals surface area contributed by atoms with Crippen molar-refractivity contribution < 1.29 is 9.53 Å². The molecule has 4 aromatic carbocycles. The van der Waals surface area contributed by atoms with Crippen LogP contribution in [0.25, 0.3) is 11.1 Å². The van der Waals surface area contributed by atoms with Gasteiger partial charge in [0.15, 0.2) is 5.78 Å². The summed E-state index contributed by atoms with van der Waals surface area (Å²) < 4.78 is 5.94. The maximum atomic E-state index is 12.7. The molecule has 0 aromatic heterocycles.